The van der Waals surface area contributed by atoms with Crippen LogP contribution >= 0.6 is 0 Å². The van der Waals surface area contributed by atoms with E-state index in [0.717, 1.165) is 35.3 Å². The highest BCUT2D eigenvalue weighted by molar-refractivity contribution is 7.92. The van der Waals surface area contributed by atoms with E-state index in [1.807, 2.05) is 24.6 Å². The van der Waals surface area contributed by atoms with Crippen molar-refractivity contribution in [3.05, 3.63) is 47.3 Å². The molecule has 0 unspecified atom stereocenters. The molecule has 0 saturated heterocycles. The second-order valence-corrected chi connectivity index (χ2v) is 11.5. The lowest BCUT2D eigenvalue weighted by atomic mass is 10.1. The molecule has 0 radical (unpaired) electrons. The van der Waals surface area contributed by atoms with Crippen molar-refractivity contribution in [2.75, 3.05) is 15.8 Å². The van der Waals surface area contributed by atoms with Gasteiger partial charge in [-0.15, -0.1) is 0 Å². The molecule has 0 spiro atoms. The van der Waals surface area contributed by atoms with Crippen LogP contribution in [-0.2, 0) is 15.6 Å². The number of carbonyl (C=O) groups excluding carboxylic acids is 1. The number of carbonyl (C=O) groups is 1. The zero-order chi connectivity index (χ0) is 24.0. The van der Waals surface area contributed by atoms with Crippen LogP contribution < -0.4 is 10.0 Å². The Hall–Kier alpha value is -2.94. The Morgan fingerprint density at radius 2 is 1.79 bits per heavy atom. The van der Waals surface area contributed by atoms with Crippen LogP contribution in [0.4, 0.5) is 11.4 Å². The number of fused-ring (bicyclic) bond motifs is 1. The minimum absolute atomic E-state index is 0.0639. The number of benzene rings is 1. The first-order valence-corrected chi connectivity index (χ1v) is 13.0. The molecule has 3 aromatic rings. The van der Waals surface area contributed by atoms with E-state index in [1.54, 1.807) is 24.3 Å². The Bertz CT molecular complexity index is 1300. The molecular formula is C24H31N5O3S. The zero-order valence-corrected chi connectivity index (χ0v) is 20.6. The lowest BCUT2D eigenvalue weighted by Crippen LogP contribution is -2.23. The number of hydrogen-bond donors (Lipinski definition) is 2. The zero-order valence-electron chi connectivity index (χ0n) is 19.8. The van der Waals surface area contributed by atoms with Crippen molar-refractivity contribution in [3.63, 3.8) is 0 Å². The van der Waals surface area contributed by atoms with E-state index in [0.29, 0.717) is 29.3 Å². The summed E-state index contributed by atoms with van der Waals surface area (Å²) in [5, 5.41) is 8.41. The lowest BCUT2D eigenvalue weighted by molar-refractivity contribution is 0.102. The maximum absolute atomic E-state index is 13.3. The minimum Gasteiger partial charge on any atom is -0.322 e. The fraction of sp³-hybridized carbons (Fsp3) is 0.458. The molecule has 2 N–H and O–H groups in total. The van der Waals surface area contributed by atoms with Crippen molar-refractivity contribution in [3.8, 4) is 0 Å². The fourth-order valence-electron chi connectivity index (χ4n) is 3.86. The van der Waals surface area contributed by atoms with Gasteiger partial charge in [-0.1, -0.05) is 6.92 Å². The summed E-state index contributed by atoms with van der Waals surface area (Å²) in [4.78, 5) is 18.2. The number of amides is 1. The standard InChI is InChI=1S/C24H31N5O3S/c1-6-13-33(31,32)28-18-11-9-17(10-12-18)25-23(30)19-14-20(16-7-8-16)26-22-21(19)15(2)27-29(22)24(3,4)5/h9-12,14,16,28H,6-8,13H2,1-5H3,(H,25,30). The van der Waals surface area contributed by atoms with Crippen LogP contribution in [0.2, 0.25) is 0 Å². The average molecular weight is 470 g/mol. The van der Waals surface area contributed by atoms with Crippen LogP contribution in [0.3, 0.4) is 0 Å². The van der Waals surface area contributed by atoms with Gasteiger partial charge in [0.25, 0.3) is 5.91 Å². The molecular weight excluding hydrogens is 438 g/mol. The van der Waals surface area contributed by atoms with Crippen molar-refractivity contribution < 1.29 is 13.2 Å². The summed E-state index contributed by atoms with van der Waals surface area (Å²) >= 11 is 0. The summed E-state index contributed by atoms with van der Waals surface area (Å²) in [6.45, 7) is 9.92. The molecule has 1 fully saturated rings. The van der Waals surface area contributed by atoms with E-state index < -0.39 is 10.0 Å². The second kappa shape index (κ2) is 8.44. The van der Waals surface area contributed by atoms with E-state index in [2.05, 4.69) is 30.8 Å². The Morgan fingerprint density at radius 3 is 2.36 bits per heavy atom. The van der Waals surface area contributed by atoms with Crippen molar-refractivity contribution in [1.82, 2.24) is 14.8 Å². The molecule has 8 nitrogen and oxygen atoms in total. The van der Waals surface area contributed by atoms with Crippen LogP contribution in [-0.4, -0.2) is 34.8 Å². The third kappa shape index (κ3) is 5.03. The SMILES string of the molecule is CCCS(=O)(=O)Nc1ccc(NC(=O)c2cc(C3CC3)nc3c2c(C)nn3C(C)(C)C)cc1. The van der Waals surface area contributed by atoms with Crippen LogP contribution in [0.15, 0.2) is 30.3 Å². The number of nitrogens with zero attached hydrogens (tertiary/aromatic N) is 3. The first-order chi connectivity index (χ1) is 15.5. The van der Waals surface area contributed by atoms with Crippen LogP contribution in [0, 0.1) is 6.92 Å². The van der Waals surface area contributed by atoms with Gasteiger partial charge in [-0.05, 0) is 77.3 Å². The molecule has 0 atom stereocenters. The average Bonchev–Trinajstić information content (AvgIpc) is 3.51. The number of nitrogens with one attached hydrogen (secondary N) is 2. The molecule has 2 heterocycles. The van der Waals surface area contributed by atoms with E-state index >= 15 is 0 Å². The maximum Gasteiger partial charge on any atom is 0.256 e. The first kappa shape index (κ1) is 23.2. The third-order valence-electron chi connectivity index (χ3n) is 5.60. The molecule has 4 rings (SSSR count). The van der Waals surface area contributed by atoms with Gasteiger partial charge in [-0.2, -0.15) is 5.10 Å². The molecule has 1 aliphatic rings. The molecule has 1 amide bonds. The monoisotopic (exact) mass is 469 g/mol. The van der Waals surface area contributed by atoms with E-state index in [1.165, 1.54) is 0 Å². The number of aryl methyl sites for hydroxylation is 1. The predicted octanol–water partition coefficient (Wildman–Crippen LogP) is 4.78. The summed E-state index contributed by atoms with van der Waals surface area (Å²) in [5.74, 6) is 0.217. The molecule has 1 saturated carbocycles. The topological polar surface area (TPSA) is 106 Å². The van der Waals surface area contributed by atoms with Crippen LogP contribution in [0.5, 0.6) is 0 Å². The van der Waals surface area contributed by atoms with Gasteiger partial charge in [0, 0.05) is 23.0 Å². The number of pyridine rings is 1. The highest BCUT2D eigenvalue weighted by Gasteiger charge is 2.30. The number of rotatable bonds is 7. The Labute approximate surface area is 194 Å². The minimum atomic E-state index is -3.36. The summed E-state index contributed by atoms with van der Waals surface area (Å²) in [6.07, 6.45) is 2.70. The lowest BCUT2D eigenvalue weighted by Gasteiger charge is -2.20. The highest BCUT2D eigenvalue weighted by Crippen LogP contribution is 2.41. The van der Waals surface area contributed by atoms with Crippen molar-refractivity contribution in [2.45, 2.75) is 65.3 Å². The van der Waals surface area contributed by atoms with Crippen molar-refractivity contribution in [1.29, 1.82) is 0 Å². The van der Waals surface area contributed by atoms with E-state index in [4.69, 9.17) is 10.1 Å². The second-order valence-electron chi connectivity index (χ2n) is 9.69. The molecule has 0 bridgehead atoms. The quantitative estimate of drug-likeness (QED) is 0.518. The largest absolute Gasteiger partial charge is 0.322 e. The first-order valence-electron chi connectivity index (χ1n) is 11.3. The molecule has 0 aliphatic heterocycles. The number of hydrogen-bond acceptors (Lipinski definition) is 5. The van der Waals surface area contributed by atoms with Crippen molar-refractivity contribution in [2.24, 2.45) is 0 Å². The number of sulfonamides is 1. The Morgan fingerprint density at radius 1 is 1.15 bits per heavy atom. The van der Waals surface area contributed by atoms with E-state index in [-0.39, 0.29) is 17.2 Å². The summed E-state index contributed by atoms with van der Waals surface area (Å²) in [7, 11) is -3.36. The summed E-state index contributed by atoms with van der Waals surface area (Å²) in [6, 6.07) is 8.55. The van der Waals surface area contributed by atoms with Gasteiger partial charge in [0.05, 0.1) is 27.9 Å². The van der Waals surface area contributed by atoms with Crippen molar-refractivity contribution >= 4 is 38.3 Å². The maximum atomic E-state index is 13.3. The Kier molecular flexibility index (Phi) is 5.94. The summed E-state index contributed by atoms with van der Waals surface area (Å²) < 4.78 is 28.4. The molecule has 2 aromatic heterocycles. The predicted molar refractivity (Wildman–Crippen MR) is 131 cm³/mol. The Balaban J connectivity index is 1.65. The summed E-state index contributed by atoms with van der Waals surface area (Å²) in [5.41, 5.74) is 3.76. The van der Waals surface area contributed by atoms with Gasteiger partial charge < -0.3 is 5.32 Å². The molecule has 33 heavy (non-hydrogen) atoms. The molecule has 1 aliphatic carbocycles. The van der Waals surface area contributed by atoms with E-state index in [9.17, 15) is 13.2 Å². The fourth-order valence-corrected chi connectivity index (χ4v) is 5.00. The van der Waals surface area contributed by atoms with Gasteiger partial charge in [-0.3, -0.25) is 9.52 Å². The number of anilines is 2. The normalized spacial score (nSPS) is 14.5. The number of aromatic nitrogens is 3. The van der Waals surface area contributed by atoms with Crippen LogP contribution in [0.25, 0.3) is 11.0 Å². The third-order valence-corrected chi connectivity index (χ3v) is 7.09. The molecule has 176 valence electrons. The van der Waals surface area contributed by atoms with Crippen LogP contribution in [0.1, 0.15) is 74.6 Å². The van der Waals surface area contributed by atoms with Gasteiger partial charge in [0.15, 0.2) is 5.65 Å². The highest BCUT2D eigenvalue weighted by atomic mass is 32.2. The smallest absolute Gasteiger partial charge is 0.256 e. The van der Waals surface area contributed by atoms with Gasteiger partial charge >= 0.3 is 0 Å². The molecule has 1 aromatic carbocycles. The van der Waals surface area contributed by atoms with Gasteiger partial charge in [-0.25, -0.2) is 18.1 Å². The van der Waals surface area contributed by atoms with Gasteiger partial charge in [0.2, 0.25) is 10.0 Å². The molecule has 9 heteroatoms. The van der Waals surface area contributed by atoms with Gasteiger partial charge in [0.1, 0.15) is 0 Å².